The van der Waals surface area contributed by atoms with Gasteiger partial charge in [-0.1, -0.05) is 20.8 Å². The fraction of sp³-hybridized carbons (Fsp3) is 1.00. The number of aliphatic hydroxyl groups is 1. The molecule has 1 unspecified atom stereocenters. The average Bonchev–Trinajstić information content (AvgIpc) is 2.56. The fourth-order valence-corrected chi connectivity index (χ4v) is 3.90. The van der Waals surface area contributed by atoms with Gasteiger partial charge in [-0.3, -0.25) is 0 Å². The van der Waals surface area contributed by atoms with Crippen molar-refractivity contribution in [2.45, 2.75) is 89.6 Å². The summed E-state index contributed by atoms with van der Waals surface area (Å²) in [6.07, 6.45) is -1.05. The largest absolute Gasteiger partial charge is 0.406 e. The third-order valence-electron chi connectivity index (χ3n) is 4.82. The highest BCUT2D eigenvalue weighted by Gasteiger charge is 2.57. The van der Waals surface area contributed by atoms with Crippen LogP contribution in [0.4, 0.5) is 0 Å². The van der Waals surface area contributed by atoms with E-state index >= 15 is 0 Å². The molecule has 1 N–H and O–H groups in total. The van der Waals surface area contributed by atoms with Crippen molar-refractivity contribution in [1.82, 2.24) is 0 Å². The number of ether oxygens (including phenoxy) is 3. The first-order valence-electron chi connectivity index (χ1n) is 7.65. The van der Waals surface area contributed by atoms with Crippen LogP contribution in [-0.2, 0) is 18.6 Å². The lowest BCUT2D eigenvalue weighted by Gasteiger charge is -2.47. The second kappa shape index (κ2) is 5.01. The molecule has 2 fully saturated rings. The molecule has 2 saturated heterocycles. The van der Waals surface area contributed by atoms with E-state index in [1.165, 1.54) is 0 Å². The monoisotopic (exact) mass is 318 g/mol. The summed E-state index contributed by atoms with van der Waals surface area (Å²) in [7, 11) is -2.06. The molecule has 0 saturated carbocycles. The van der Waals surface area contributed by atoms with Crippen molar-refractivity contribution >= 4 is 8.32 Å². The minimum atomic E-state index is -2.06. The van der Waals surface area contributed by atoms with Crippen molar-refractivity contribution < 1.29 is 23.7 Å². The standard InChI is InChI=1S/C15H30O5Si/c1-13(2,3)21(7,8)20-12-11-10(9-17-15(12,6)16)18-14(4,5)19-11/h10-12,16H,9H2,1-8H3/t10-,11-,12+,15?/m0/s1. The first-order valence-corrected chi connectivity index (χ1v) is 10.6. The fourth-order valence-electron chi connectivity index (χ4n) is 2.56. The Balaban J connectivity index is 2.25. The summed E-state index contributed by atoms with van der Waals surface area (Å²) in [5, 5.41) is 10.7. The Labute approximate surface area is 129 Å². The highest BCUT2D eigenvalue weighted by molar-refractivity contribution is 6.74. The summed E-state index contributed by atoms with van der Waals surface area (Å²) in [5.41, 5.74) is 0. The second-order valence-corrected chi connectivity index (χ2v) is 13.1. The predicted molar refractivity (Wildman–Crippen MR) is 82.5 cm³/mol. The van der Waals surface area contributed by atoms with Crippen LogP contribution in [0.1, 0.15) is 41.5 Å². The van der Waals surface area contributed by atoms with Gasteiger partial charge in [0.05, 0.1) is 6.61 Å². The maximum absolute atomic E-state index is 10.6. The average molecular weight is 318 g/mol. The van der Waals surface area contributed by atoms with E-state index in [2.05, 4.69) is 33.9 Å². The summed E-state index contributed by atoms with van der Waals surface area (Å²) < 4.78 is 23.9. The van der Waals surface area contributed by atoms with E-state index in [1.807, 2.05) is 13.8 Å². The lowest BCUT2D eigenvalue weighted by atomic mass is 9.98. The predicted octanol–water partition coefficient (Wildman–Crippen LogP) is 2.64. The molecular weight excluding hydrogens is 288 g/mol. The molecule has 0 aromatic heterocycles. The number of hydrogen-bond acceptors (Lipinski definition) is 5. The van der Waals surface area contributed by atoms with Crippen molar-refractivity contribution in [3.8, 4) is 0 Å². The van der Waals surface area contributed by atoms with Crippen LogP contribution in [0.5, 0.6) is 0 Å². The van der Waals surface area contributed by atoms with E-state index in [0.29, 0.717) is 6.61 Å². The van der Waals surface area contributed by atoms with E-state index in [0.717, 1.165) is 0 Å². The molecule has 0 radical (unpaired) electrons. The number of fused-ring (bicyclic) bond motifs is 1. The van der Waals surface area contributed by atoms with Gasteiger partial charge in [-0.25, -0.2) is 0 Å². The molecule has 0 aromatic carbocycles. The molecule has 2 rings (SSSR count). The van der Waals surface area contributed by atoms with Crippen LogP contribution in [0.2, 0.25) is 18.1 Å². The number of rotatable bonds is 2. The van der Waals surface area contributed by atoms with E-state index < -0.39 is 26.0 Å². The Morgan fingerprint density at radius 2 is 1.71 bits per heavy atom. The van der Waals surface area contributed by atoms with Gasteiger partial charge in [0.2, 0.25) is 0 Å². The molecule has 0 aliphatic carbocycles. The molecule has 2 heterocycles. The van der Waals surface area contributed by atoms with Crippen LogP contribution >= 0.6 is 0 Å². The molecule has 6 heteroatoms. The summed E-state index contributed by atoms with van der Waals surface area (Å²) in [6, 6.07) is 0. The Hall–Kier alpha value is 0.0169. The summed E-state index contributed by atoms with van der Waals surface area (Å²) >= 11 is 0. The zero-order valence-electron chi connectivity index (χ0n) is 14.5. The Morgan fingerprint density at radius 3 is 2.24 bits per heavy atom. The quantitative estimate of drug-likeness (QED) is 0.793. The third kappa shape index (κ3) is 3.35. The highest BCUT2D eigenvalue weighted by atomic mass is 28.4. The van der Waals surface area contributed by atoms with E-state index in [4.69, 9.17) is 18.6 Å². The molecule has 2 aliphatic heterocycles. The van der Waals surface area contributed by atoms with Gasteiger partial charge in [-0.2, -0.15) is 0 Å². The van der Waals surface area contributed by atoms with Crippen molar-refractivity contribution in [1.29, 1.82) is 0 Å². The van der Waals surface area contributed by atoms with Crippen LogP contribution in [-0.4, -0.2) is 49.9 Å². The summed E-state index contributed by atoms with van der Waals surface area (Å²) in [6.45, 7) is 16.6. The van der Waals surface area contributed by atoms with E-state index in [-0.39, 0.29) is 17.2 Å². The summed E-state index contributed by atoms with van der Waals surface area (Å²) in [5.74, 6) is -2.03. The zero-order chi connectivity index (χ0) is 16.3. The second-order valence-electron chi connectivity index (χ2n) is 8.30. The van der Waals surface area contributed by atoms with E-state index in [9.17, 15) is 5.11 Å². The Kier molecular flexibility index (Phi) is 4.14. The molecule has 4 atom stereocenters. The van der Waals surface area contributed by atoms with Gasteiger partial charge in [0, 0.05) is 0 Å². The maximum Gasteiger partial charge on any atom is 0.192 e. The molecular formula is C15H30O5Si. The molecule has 5 nitrogen and oxygen atoms in total. The summed E-state index contributed by atoms with van der Waals surface area (Å²) in [4.78, 5) is 0. The lowest BCUT2D eigenvalue weighted by Crippen LogP contribution is -2.63. The molecule has 21 heavy (non-hydrogen) atoms. The first-order chi connectivity index (χ1) is 9.25. The van der Waals surface area contributed by atoms with Crippen LogP contribution in [0.3, 0.4) is 0 Å². The zero-order valence-corrected chi connectivity index (χ0v) is 15.5. The van der Waals surface area contributed by atoms with Gasteiger partial charge in [-0.15, -0.1) is 0 Å². The maximum atomic E-state index is 10.6. The van der Waals surface area contributed by atoms with Gasteiger partial charge in [0.25, 0.3) is 0 Å². The van der Waals surface area contributed by atoms with Crippen LogP contribution in [0.25, 0.3) is 0 Å². The van der Waals surface area contributed by atoms with Gasteiger partial charge in [-0.05, 0) is 38.9 Å². The van der Waals surface area contributed by atoms with Crippen LogP contribution < -0.4 is 0 Å². The van der Waals surface area contributed by atoms with Crippen LogP contribution in [0, 0.1) is 0 Å². The molecule has 124 valence electrons. The highest BCUT2D eigenvalue weighted by Crippen LogP contribution is 2.43. The Morgan fingerprint density at radius 1 is 1.14 bits per heavy atom. The van der Waals surface area contributed by atoms with Crippen molar-refractivity contribution in [3.63, 3.8) is 0 Å². The molecule has 0 aromatic rings. The lowest BCUT2D eigenvalue weighted by molar-refractivity contribution is -0.292. The van der Waals surface area contributed by atoms with Gasteiger partial charge < -0.3 is 23.7 Å². The first kappa shape index (κ1) is 17.4. The minimum absolute atomic E-state index is 0.0466. The van der Waals surface area contributed by atoms with Crippen molar-refractivity contribution in [2.24, 2.45) is 0 Å². The number of hydrogen-bond donors (Lipinski definition) is 1. The molecule has 0 spiro atoms. The van der Waals surface area contributed by atoms with Crippen LogP contribution in [0.15, 0.2) is 0 Å². The molecule has 0 bridgehead atoms. The van der Waals surface area contributed by atoms with Crippen molar-refractivity contribution in [2.75, 3.05) is 6.61 Å². The minimum Gasteiger partial charge on any atom is -0.406 e. The van der Waals surface area contributed by atoms with Crippen molar-refractivity contribution in [3.05, 3.63) is 0 Å². The van der Waals surface area contributed by atoms with E-state index in [1.54, 1.807) is 6.92 Å². The van der Waals surface area contributed by atoms with Gasteiger partial charge in [0.1, 0.15) is 18.3 Å². The van der Waals surface area contributed by atoms with Gasteiger partial charge in [0.15, 0.2) is 19.9 Å². The normalized spacial score (nSPS) is 40.1. The topological polar surface area (TPSA) is 57.2 Å². The van der Waals surface area contributed by atoms with Gasteiger partial charge >= 0.3 is 0 Å². The molecule has 2 aliphatic rings. The Bertz CT molecular complexity index is 399. The third-order valence-corrected chi connectivity index (χ3v) is 9.27. The molecule has 0 amide bonds. The smallest absolute Gasteiger partial charge is 0.192 e. The SMILES string of the molecule is CC1(C)O[C@H]2[C@H](COC(C)(O)[C@@H]2O[Si](C)(C)C(C)(C)C)O1.